The molecule has 0 aliphatic carbocycles. The number of anilines is 1. The summed E-state index contributed by atoms with van der Waals surface area (Å²) in [6.45, 7) is 2.13. The molecule has 1 amide bonds. The molecule has 0 spiro atoms. The number of likely N-dealkylation sites (N-methyl/N-ethyl adjacent to an activating group) is 1. The number of hydrogen-bond donors (Lipinski definition) is 1. The maximum absolute atomic E-state index is 12.6. The minimum absolute atomic E-state index is 0.171. The molecule has 0 saturated carbocycles. The summed E-state index contributed by atoms with van der Waals surface area (Å²) in [5.74, 6) is -0.171. The van der Waals surface area contributed by atoms with Gasteiger partial charge in [-0.15, -0.1) is 0 Å². The van der Waals surface area contributed by atoms with Crippen molar-refractivity contribution in [3.05, 3.63) is 65.7 Å². The summed E-state index contributed by atoms with van der Waals surface area (Å²) >= 11 is 0. The van der Waals surface area contributed by atoms with Gasteiger partial charge in [0, 0.05) is 12.2 Å². The topological polar surface area (TPSA) is 32.3 Å². The van der Waals surface area contributed by atoms with Gasteiger partial charge in [0.15, 0.2) is 0 Å². The van der Waals surface area contributed by atoms with E-state index in [9.17, 15) is 18.0 Å². The molecule has 2 aromatic rings. The quantitative estimate of drug-likeness (QED) is 0.889. The molecule has 0 fully saturated rings. The molecule has 0 aliphatic heterocycles. The first-order valence-electron chi connectivity index (χ1n) is 7.49. The molecule has 0 bridgehead atoms. The van der Waals surface area contributed by atoms with Gasteiger partial charge in [-0.25, -0.2) is 0 Å². The Bertz CT molecular complexity index is 669. The van der Waals surface area contributed by atoms with E-state index in [0.717, 1.165) is 12.1 Å². The smallest absolute Gasteiger partial charge is 0.325 e. The minimum atomic E-state index is -4.34. The molecule has 0 aliphatic rings. The summed E-state index contributed by atoms with van der Waals surface area (Å²) in [7, 11) is 1.76. The van der Waals surface area contributed by atoms with E-state index < -0.39 is 17.8 Å². The normalized spacial score (nSPS) is 12.9. The van der Waals surface area contributed by atoms with Crippen LogP contribution in [0.1, 0.15) is 18.1 Å². The Kier molecular flexibility index (Phi) is 5.62. The Morgan fingerprint density at radius 3 is 2.21 bits per heavy atom. The molecule has 3 nitrogen and oxygen atoms in total. The molecular formula is C18H19F3N2O. The van der Waals surface area contributed by atoms with Crippen molar-refractivity contribution in [1.82, 2.24) is 4.90 Å². The zero-order valence-electron chi connectivity index (χ0n) is 13.5. The molecule has 2 rings (SSSR count). The SMILES string of the molecule is C[C@H](C(=O)Nc1ccccc1)N(C)Cc1ccc(C(F)(F)F)cc1. The van der Waals surface area contributed by atoms with Crippen molar-refractivity contribution < 1.29 is 18.0 Å². The highest BCUT2D eigenvalue weighted by Gasteiger charge is 2.30. The van der Waals surface area contributed by atoms with Crippen LogP contribution in [0, 0.1) is 0 Å². The van der Waals surface area contributed by atoms with Gasteiger partial charge in [-0.3, -0.25) is 9.69 Å². The van der Waals surface area contributed by atoms with Gasteiger partial charge in [0.2, 0.25) is 5.91 Å². The second-order valence-corrected chi connectivity index (χ2v) is 5.64. The predicted molar refractivity (Wildman–Crippen MR) is 87.4 cm³/mol. The fourth-order valence-corrected chi connectivity index (χ4v) is 2.19. The number of carbonyl (C=O) groups excluding carboxylic acids is 1. The number of nitrogens with one attached hydrogen (secondary N) is 1. The average molecular weight is 336 g/mol. The van der Waals surface area contributed by atoms with Gasteiger partial charge in [-0.05, 0) is 43.8 Å². The van der Waals surface area contributed by atoms with Crippen LogP contribution in [0.2, 0.25) is 0 Å². The van der Waals surface area contributed by atoms with Gasteiger partial charge in [0.1, 0.15) is 0 Å². The standard InChI is InChI=1S/C18H19F3N2O/c1-13(17(24)22-16-6-4-3-5-7-16)23(2)12-14-8-10-15(11-9-14)18(19,20)21/h3-11,13H,12H2,1-2H3,(H,22,24)/t13-/m1/s1. The number of amides is 1. The summed E-state index contributed by atoms with van der Waals surface area (Å²) in [5, 5.41) is 2.81. The zero-order valence-corrected chi connectivity index (χ0v) is 13.5. The lowest BCUT2D eigenvalue weighted by molar-refractivity contribution is -0.137. The molecule has 1 N–H and O–H groups in total. The summed E-state index contributed by atoms with van der Waals surface area (Å²) in [4.78, 5) is 14.0. The Hall–Kier alpha value is -2.34. The van der Waals surface area contributed by atoms with Gasteiger partial charge >= 0.3 is 6.18 Å². The van der Waals surface area contributed by atoms with E-state index in [1.807, 2.05) is 18.2 Å². The van der Waals surface area contributed by atoms with Gasteiger partial charge < -0.3 is 5.32 Å². The van der Waals surface area contributed by atoms with E-state index in [1.54, 1.807) is 31.0 Å². The van der Waals surface area contributed by atoms with Crippen molar-refractivity contribution in [1.29, 1.82) is 0 Å². The lowest BCUT2D eigenvalue weighted by atomic mass is 10.1. The van der Waals surface area contributed by atoms with Gasteiger partial charge in [0.05, 0.1) is 11.6 Å². The molecule has 0 aromatic heterocycles. The van der Waals surface area contributed by atoms with Gasteiger partial charge in [-0.1, -0.05) is 30.3 Å². The van der Waals surface area contributed by atoms with E-state index in [0.29, 0.717) is 17.8 Å². The number of carbonyl (C=O) groups is 1. The monoisotopic (exact) mass is 336 g/mol. The molecule has 0 unspecified atom stereocenters. The van der Waals surface area contributed by atoms with Crippen LogP contribution in [0.5, 0.6) is 0 Å². The fourth-order valence-electron chi connectivity index (χ4n) is 2.19. The van der Waals surface area contributed by atoms with E-state index in [4.69, 9.17) is 0 Å². The maximum atomic E-state index is 12.6. The van der Waals surface area contributed by atoms with Gasteiger partial charge in [-0.2, -0.15) is 13.2 Å². The molecule has 0 saturated heterocycles. The van der Waals surface area contributed by atoms with E-state index in [1.165, 1.54) is 12.1 Å². The Morgan fingerprint density at radius 1 is 1.08 bits per heavy atom. The number of rotatable bonds is 5. The highest BCUT2D eigenvalue weighted by molar-refractivity contribution is 5.94. The van der Waals surface area contributed by atoms with Crippen molar-refractivity contribution in [2.45, 2.75) is 25.7 Å². The van der Waals surface area contributed by atoms with Crippen molar-refractivity contribution in [3.8, 4) is 0 Å². The number of nitrogens with zero attached hydrogens (tertiary/aromatic N) is 1. The lowest BCUT2D eigenvalue weighted by Crippen LogP contribution is -2.39. The van der Waals surface area contributed by atoms with Crippen LogP contribution in [0.4, 0.5) is 18.9 Å². The number of hydrogen-bond acceptors (Lipinski definition) is 2. The predicted octanol–water partition coefficient (Wildman–Crippen LogP) is 4.16. The van der Waals surface area contributed by atoms with Crippen LogP contribution in [0.25, 0.3) is 0 Å². The zero-order chi connectivity index (χ0) is 17.7. The summed E-state index contributed by atoms with van der Waals surface area (Å²) in [6, 6.07) is 13.6. The molecule has 128 valence electrons. The van der Waals surface area contributed by atoms with Crippen molar-refractivity contribution in [2.24, 2.45) is 0 Å². The Balaban J connectivity index is 1.95. The highest BCUT2D eigenvalue weighted by atomic mass is 19.4. The molecule has 0 radical (unpaired) electrons. The largest absolute Gasteiger partial charge is 0.416 e. The van der Waals surface area contributed by atoms with Crippen molar-refractivity contribution in [3.63, 3.8) is 0 Å². The van der Waals surface area contributed by atoms with Crippen LogP contribution >= 0.6 is 0 Å². The summed E-state index contributed by atoms with van der Waals surface area (Å²) < 4.78 is 37.7. The Labute approximate surface area is 139 Å². The first-order valence-corrected chi connectivity index (χ1v) is 7.49. The van der Waals surface area contributed by atoms with Crippen molar-refractivity contribution in [2.75, 3.05) is 12.4 Å². The van der Waals surface area contributed by atoms with Crippen LogP contribution in [-0.2, 0) is 17.5 Å². The number of alkyl halides is 3. The molecule has 24 heavy (non-hydrogen) atoms. The number of benzene rings is 2. The van der Waals surface area contributed by atoms with E-state index in [-0.39, 0.29) is 5.91 Å². The van der Waals surface area contributed by atoms with Gasteiger partial charge in [0.25, 0.3) is 0 Å². The Morgan fingerprint density at radius 2 is 1.67 bits per heavy atom. The van der Waals surface area contributed by atoms with Crippen molar-refractivity contribution >= 4 is 11.6 Å². The second kappa shape index (κ2) is 7.49. The third kappa shape index (κ3) is 4.83. The van der Waals surface area contributed by atoms with Crippen LogP contribution < -0.4 is 5.32 Å². The third-order valence-electron chi connectivity index (χ3n) is 3.80. The molecule has 1 atom stereocenters. The van der Waals surface area contributed by atoms with Crippen LogP contribution in [0.15, 0.2) is 54.6 Å². The maximum Gasteiger partial charge on any atom is 0.416 e. The molecule has 0 heterocycles. The fraction of sp³-hybridized carbons (Fsp3) is 0.278. The average Bonchev–Trinajstić information content (AvgIpc) is 2.54. The third-order valence-corrected chi connectivity index (χ3v) is 3.80. The minimum Gasteiger partial charge on any atom is -0.325 e. The van der Waals surface area contributed by atoms with E-state index in [2.05, 4.69) is 5.32 Å². The second-order valence-electron chi connectivity index (χ2n) is 5.64. The number of para-hydroxylation sites is 1. The summed E-state index contributed by atoms with van der Waals surface area (Å²) in [5.41, 5.74) is 0.742. The molecule has 2 aromatic carbocycles. The first kappa shape index (κ1) is 18.0. The van der Waals surface area contributed by atoms with E-state index >= 15 is 0 Å². The molecule has 6 heteroatoms. The van der Waals surface area contributed by atoms with Crippen LogP contribution in [-0.4, -0.2) is 23.9 Å². The molecular weight excluding hydrogens is 317 g/mol. The number of halogens is 3. The first-order chi connectivity index (χ1) is 11.3. The highest BCUT2D eigenvalue weighted by Crippen LogP contribution is 2.29. The van der Waals surface area contributed by atoms with Crippen LogP contribution in [0.3, 0.4) is 0 Å². The summed E-state index contributed by atoms with van der Waals surface area (Å²) in [6.07, 6.45) is -4.34. The lowest BCUT2D eigenvalue weighted by Gasteiger charge is -2.24.